The van der Waals surface area contributed by atoms with E-state index in [1.165, 1.54) is 11.1 Å². The summed E-state index contributed by atoms with van der Waals surface area (Å²) < 4.78 is 0. The Morgan fingerprint density at radius 1 is 1.18 bits per heavy atom. The number of amides is 2. The van der Waals surface area contributed by atoms with Crippen molar-refractivity contribution in [3.05, 3.63) is 35.4 Å². The van der Waals surface area contributed by atoms with Crippen LogP contribution in [0.4, 0.5) is 0 Å². The maximum absolute atomic E-state index is 12.4. The highest BCUT2D eigenvalue weighted by Gasteiger charge is 2.29. The minimum atomic E-state index is -0.00644. The summed E-state index contributed by atoms with van der Waals surface area (Å²) in [7, 11) is 1.84. The highest BCUT2D eigenvalue weighted by molar-refractivity contribution is 5.86. The van der Waals surface area contributed by atoms with Crippen molar-refractivity contribution in [1.29, 1.82) is 0 Å². The van der Waals surface area contributed by atoms with Gasteiger partial charge in [-0.2, -0.15) is 0 Å². The molecule has 0 bridgehead atoms. The lowest BCUT2D eigenvalue weighted by Gasteiger charge is -2.26. The molecule has 1 aromatic carbocycles. The molecule has 2 aliphatic carbocycles. The first-order chi connectivity index (χ1) is 10.7. The summed E-state index contributed by atoms with van der Waals surface area (Å²) in [6.45, 7) is 0.116. The molecule has 2 aliphatic rings. The summed E-state index contributed by atoms with van der Waals surface area (Å²) in [5, 5.41) is 2.82. The minimum Gasteiger partial charge on any atom is -0.347 e. The Kier molecular flexibility index (Phi) is 4.46. The van der Waals surface area contributed by atoms with E-state index in [1.54, 1.807) is 4.90 Å². The third-order valence-electron chi connectivity index (χ3n) is 5.10. The van der Waals surface area contributed by atoms with Crippen LogP contribution >= 0.6 is 0 Å². The summed E-state index contributed by atoms with van der Waals surface area (Å²) in [4.78, 5) is 26.2. The van der Waals surface area contributed by atoms with E-state index in [4.69, 9.17) is 0 Å². The Morgan fingerprint density at radius 2 is 1.91 bits per heavy atom. The number of hydrogen-bond donors (Lipinski definition) is 1. The predicted molar refractivity (Wildman–Crippen MR) is 85.2 cm³/mol. The lowest BCUT2D eigenvalue weighted by Crippen LogP contribution is -2.41. The van der Waals surface area contributed by atoms with Crippen molar-refractivity contribution in [1.82, 2.24) is 10.2 Å². The standard InChI is InChI=1S/C18H24N2O2/c1-20(16-11-10-13-6-4-5-9-15(13)16)17(21)12-19-18(22)14-7-2-3-8-14/h4-6,9,14,16H,2-3,7-8,10-12H2,1H3,(H,19,22)/t16-/m0/s1. The molecule has 1 saturated carbocycles. The van der Waals surface area contributed by atoms with E-state index in [0.29, 0.717) is 0 Å². The molecule has 0 heterocycles. The molecule has 22 heavy (non-hydrogen) atoms. The minimum absolute atomic E-state index is 0.00644. The SMILES string of the molecule is CN(C(=O)CNC(=O)C1CCCC1)[C@H]1CCc2ccccc21. The number of benzene rings is 1. The fourth-order valence-electron chi connectivity index (χ4n) is 3.73. The summed E-state index contributed by atoms with van der Waals surface area (Å²) in [5.41, 5.74) is 2.59. The fraction of sp³-hybridized carbons (Fsp3) is 0.556. The molecule has 2 amide bonds. The number of hydrogen-bond acceptors (Lipinski definition) is 2. The molecule has 1 aromatic rings. The molecule has 0 unspecified atom stereocenters. The molecule has 0 spiro atoms. The van der Waals surface area contributed by atoms with E-state index < -0.39 is 0 Å². The van der Waals surface area contributed by atoms with Gasteiger partial charge in [-0.1, -0.05) is 37.1 Å². The normalized spacial score (nSPS) is 20.7. The maximum Gasteiger partial charge on any atom is 0.242 e. The predicted octanol–water partition coefficient (Wildman–Crippen LogP) is 2.44. The van der Waals surface area contributed by atoms with Crippen LogP contribution < -0.4 is 5.32 Å². The number of likely N-dealkylation sites (N-methyl/N-ethyl adjacent to an activating group) is 1. The first-order valence-corrected chi connectivity index (χ1v) is 8.28. The van der Waals surface area contributed by atoms with E-state index in [1.807, 2.05) is 19.2 Å². The van der Waals surface area contributed by atoms with E-state index in [-0.39, 0.29) is 30.3 Å². The van der Waals surface area contributed by atoms with Crippen LogP contribution in [-0.2, 0) is 16.0 Å². The lowest BCUT2D eigenvalue weighted by molar-refractivity contribution is -0.134. The molecule has 1 fully saturated rings. The van der Waals surface area contributed by atoms with Gasteiger partial charge in [-0.05, 0) is 36.8 Å². The van der Waals surface area contributed by atoms with Crippen LogP contribution in [0.2, 0.25) is 0 Å². The smallest absolute Gasteiger partial charge is 0.242 e. The summed E-state index contributed by atoms with van der Waals surface area (Å²) in [5.74, 6) is 0.157. The summed E-state index contributed by atoms with van der Waals surface area (Å²) >= 11 is 0. The van der Waals surface area contributed by atoms with Gasteiger partial charge < -0.3 is 10.2 Å². The summed E-state index contributed by atoms with van der Waals surface area (Å²) in [6, 6.07) is 8.46. The van der Waals surface area contributed by atoms with E-state index >= 15 is 0 Å². The second-order valence-corrected chi connectivity index (χ2v) is 6.46. The molecule has 1 N–H and O–H groups in total. The average molecular weight is 300 g/mol. The highest BCUT2D eigenvalue weighted by Crippen LogP contribution is 2.34. The van der Waals surface area contributed by atoms with Crippen molar-refractivity contribution in [2.45, 2.75) is 44.6 Å². The number of nitrogens with zero attached hydrogens (tertiary/aromatic N) is 1. The third-order valence-corrected chi connectivity index (χ3v) is 5.10. The molecule has 0 aliphatic heterocycles. The van der Waals surface area contributed by atoms with Gasteiger partial charge in [0.25, 0.3) is 0 Å². The van der Waals surface area contributed by atoms with Gasteiger partial charge in [0.2, 0.25) is 11.8 Å². The Balaban J connectivity index is 1.55. The van der Waals surface area contributed by atoms with Crippen LogP contribution in [0.3, 0.4) is 0 Å². The van der Waals surface area contributed by atoms with Crippen LogP contribution in [0.25, 0.3) is 0 Å². The first kappa shape index (κ1) is 15.1. The van der Waals surface area contributed by atoms with Crippen LogP contribution in [0, 0.1) is 5.92 Å². The van der Waals surface area contributed by atoms with Crippen molar-refractivity contribution in [3.63, 3.8) is 0 Å². The van der Waals surface area contributed by atoms with Gasteiger partial charge in [0.1, 0.15) is 0 Å². The van der Waals surface area contributed by atoms with Crippen LogP contribution in [-0.4, -0.2) is 30.3 Å². The molecule has 0 saturated heterocycles. The Labute approximate surface area is 131 Å². The van der Waals surface area contributed by atoms with E-state index in [0.717, 1.165) is 38.5 Å². The highest BCUT2D eigenvalue weighted by atomic mass is 16.2. The van der Waals surface area contributed by atoms with Gasteiger partial charge in [-0.15, -0.1) is 0 Å². The number of carbonyl (C=O) groups excluding carboxylic acids is 2. The maximum atomic E-state index is 12.4. The number of rotatable bonds is 4. The van der Waals surface area contributed by atoms with Crippen LogP contribution in [0.15, 0.2) is 24.3 Å². The Hall–Kier alpha value is -1.84. The molecule has 0 radical (unpaired) electrons. The first-order valence-electron chi connectivity index (χ1n) is 8.28. The topological polar surface area (TPSA) is 49.4 Å². The number of fused-ring (bicyclic) bond motifs is 1. The zero-order chi connectivity index (χ0) is 15.5. The monoisotopic (exact) mass is 300 g/mol. The van der Waals surface area contributed by atoms with Crippen LogP contribution in [0.1, 0.15) is 49.3 Å². The quantitative estimate of drug-likeness (QED) is 0.928. The van der Waals surface area contributed by atoms with E-state index in [2.05, 4.69) is 17.4 Å². The molecule has 0 aromatic heterocycles. The molecule has 3 rings (SSSR count). The molecule has 4 nitrogen and oxygen atoms in total. The molecule has 4 heteroatoms. The molecule has 1 atom stereocenters. The number of carbonyl (C=O) groups is 2. The van der Waals surface area contributed by atoms with Crippen molar-refractivity contribution >= 4 is 11.8 Å². The number of nitrogens with one attached hydrogen (secondary N) is 1. The zero-order valence-electron chi connectivity index (χ0n) is 13.2. The van der Waals surface area contributed by atoms with Crippen molar-refractivity contribution in [2.24, 2.45) is 5.92 Å². The number of aryl methyl sites for hydroxylation is 1. The average Bonchev–Trinajstić information content (AvgIpc) is 3.20. The van der Waals surface area contributed by atoms with Crippen molar-refractivity contribution in [3.8, 4) is 0 Å². The molecular weight excluding hydrogens is 276 g/mol. The van der Waals surface area contributed by atoms with Crippen molar-refractivity contribution in [2.75, 3.05) is 13.6 Å². The molecular formula is C18H24N2O2. The lowest BCUT2D eigenvalue weighted by atomic mass is 10.1. The summed E-state index contributed by atoms with van der Waals surface area (Å²) in [6.07, 6.45) is 6.18. The zero-order valence-corrected chi connectivity index (χ0v) is 13.2. The third kappa shape index (κ3) is 3.01. The van der Waals surface area contributed by atoms with Gasteiger partial charge in [0, 0.05) is 13.0 Å². The van der Waals surface area contributed by atoms with Gasteiger partial charge in [-0.25, -0.2) is 0 Å². The van der Waals surface area contributed by atoms with Gasteiger partial charge >= 0.3 is 0 Å². The Bertz CT molecular complexity index is 564. The Morgan fingerprint density at radius 3 is 2.68 bits per heavy atom. The molecule has 118 valence electrons. The van der Waals surface area contributed by atoms with Crippen molar-refractivity contribution < 1.29 is 9.59 Å². The van der Waals surface area contributed by atoms with Crippen LogP contribution in [0.5, 0.6) is 0 Å². The largest absolute Gasteiger partial charge is 0.347 e. The van der Waals surface area contributed by atoms with Gasteiger partial charge in [-0.3, -0.25) is 9.59 Å². The second kappa shape index (κ2) is 6.51. The van der Waals surface area contributed by atoms with E-state index in [9.17, 15) is 9.59 Å². The fourth-order valence-corrected chi connectivity index (χ4v) is 3.73. The van der Waals surface area contributed by atoms with Gasteiger partial charge in [0.15, 0.2) is 0 Å². The second-order valence-electron chi connectivity index (χ2n) is 6.46. The van der Waals surface area contributed by atoms with Gasteiger partial charge in [0.05, 0.1) is 12.6 Å².